The Labute approximate surface area is 93.5 Å². The van der Waals surface area contributed by atoms with Crippen molar-refractivity contribution in [2.24, 2.45) is 5.14 Å². The van der Waals surface area contributed by atoms with E-state index in [4.69, 9.17) is 5.14 Å². The maximum atomic E-state index is 11.6. The third-order valence-corrected chi connectivity index (χ3v) is 3.92. The molecule has 1 aromatic rings. The second-order valence-electron chi connectivity index (χ2n) is 3.91. The summed E-state index contributed by atoms with van der Waals surface area (Å²) in [6, 6.07) is 1.84. The van der Waals surface area contributed by atoms with E-state index >= 15 is 0 Å². The van der Waals surface area contributed by atoms with Crippen molar-refractivity contribution < 1.29 is 13.2 Å². The summed E-state index contributed by atoms with van der Waals surface area (Å²) in [6.07, 6.45) is 3.52. The smallest absolute Gasteiger partial charge is 0.224 e. The van der Waals surface area contributed by atoms with Crippen molar-refractivity contribution in [2.45, 2.75) is 18.2 Å². The number of amides is 1. The zero-order valence-corrected chi connectivity index (χ0v) is 9.40. The van der Waals surface area contributed by atoms with Gasteiger partial charge in [-0.1, -0.05) is 0 Å². The third kappa shape index (κ3) is 2.25. The molecule has 3 N–H and O–H groups in total. The summed E-state index contributed by atoms with van der Waals surface area (Å²) in [7, 11) is -3.62. The van der Waals surface area contributed by atoms with Gasteiger partial charge in [0.2, 0.25) is 15.9 Å². The minimum absolute atomic E-state index is 0.0107. The molecule has 1 fully saturated rings. The van der Waals surface area contributed by atoms with Gasteiger partial charge in [-0.05, 0) is 11.6 Å². The molecule has 2 heterocycles. The first-order chi connectivity index (χ1) is 7.47. The molecule has 0 saturated carbocycles. The third-order valence-electron chi connectivity index (χ3n) is 2.68. The van der Waals surface area contributed by atoms with Crippen LogP contribution in [0.3, 0.4) is 0 Å². The van der Waals surface area contributed by atoms with Crippen LogP contribution in [-0.4, -0.2) is 36.0 Å². The predicted molar refractivity (Wildman–Crippen MR) is 57.7 cm³/mol. The van der Waals surface area contributed by atoms with Crippen LogP contribution in [0.2, 0.25) is 0 Å². The number of aromatic amines is 1. The SMILES string of the molecule is NS(=O)(=O)C1CC(=O)N(Cc2cc[nH]c2)C1. The Morgan fingerprint density at radius 3 is 2.81 bits per heavy atom. The molecule has 1 atom stereocenters. The predicted octanol–water partition coefficient (Wildman–Crippen LogP) is -0.596. The summed E-state index contributed by atoms with van der Waals surface area (Å²) in [4.78, 5) is 15.9. The average Bonchev–Trinajstić information content (AvgIpc) is 2.76. The summed E-state index contributed by atoms with van der Waals surface area (Å²) in [6.45, 7) is 0.608. The fraction of sp³-hybridized carbons (Fsp3) is 0.444. The number of hydrogen-bond acceptors (Lipinski definition) is 3. The molecule has 6 nitrogen and oxygen atoms in total. The molecular weight excluding hydrogens is 230 g/mol. The highest BCUT2D eigenvalue weighted by Crippen LogP contribution is 2.18. The maximum Gasteiger partial charge on any atom is 0.224 e. The number of rotatable bonds is 3. The Hall–Kier alpha value is -1.34. The van der Waals surface area contributed by atoms with Crippen molar-refractivity contribution in [3.05, 3.63) is 24.0 Å². The van der Waals surface area contributed by atoms with E-state index in [2.05, 4.69) is 4.98 Å². The van der Waals surface area contributed by atoms with E-state index in [1.165, 1.54) is 4.90 Å². The Morgan fingerprint density at radius 2 is 2.31 bits per heavy atom. The van der Waals surface area contributed by atoms with E-state index in [1.54, 1.807) is 12.4 Å². The lowest BCUT2D eigenvalue weighted by atomic mass is 10.3. The highest BCUT2D eigenvalue weighted by Gasteiger charge is 2.36. The molecule has 1 aliphatic heterocycles. The number of nitrogens with two attached hydrogens (primary N) is 1. The normalized spacial score (nSPS) is 21.7. The molecular formula is C9H13N3O3S. The number of hydrogen-bond donors (Lipinski definition) is 2. The summed E-state index contributed by atoms with van der Waals surface area (Å²) < 4.78 is 22.2. The van der Waals surface area contributed by atoms with Crippen molar-refractivity contribution in [2.75, 3.05) is 6.54 Å². The molecule has 0 radical (unpaired) electrons. The average molecular weight is 243 g/mol. The zero-order valence-electron chi connectivity index (χ0n) is 8.59. The summed E-state index contributed by atoms with van der Waals surface area (Å²) >= 11 is 0. The Balaban J connectivity index is 2.06. The number of H-pyrrole nitrogens is 1. The second-order valence-corrected chi connectivity index (χ2v) is 5.75. The van der Waals surface area contributed by atoms with Crippen LogP contribution in [-0.2, 0) is 21.4 Å². The topological polar surface area (TPSA) is 96.3 Å². The standard InChI is InChI=1S/C9H13N3O3S/c10-16(14,15)8-3-9(13)12(6-8)5-7-1-2-11-4-7/h1-2,4,8,11H,3,5-6H2,(H2,10,14,15). The number of aromatic nitrogens is 1. The van der Waals surface area contributed by atoms with Crippen LogP contribution < -0.4 is 5.14 Å². The van der Waals surface area contributed by atoms with E-state index < -0.39 is 15.3 Å². The van der Waals surface area contributed by atoms with Crippen molar-refractivity contribution in [3.8, 4) is 0 Å². The van der Waals surface area contributed by atoms with E-state index in [-0.39, 0.29) is 18.9 Å². The van der Waals surface area contributed by atoms with Gasteiger partial charge in [-0.15, -0.1) is 0 Å². The Bertz CT molecular complexity index is 480. The highest BCUT2D eigenvalue weighted by atomic mass is 32.2. The quantitative estimate of drug-likeness (QED) is 0.742. The fourth-order valence-electron chi connectivity index (χ4n) is 1.79. The first-order valence-electron chi connectivity index (χ1n) is 4.88. The molecule has 1 aliphatic rings. The van der Waals surface area contributed by atoms with Crippen LogP contribution in [0, 0.1) is 0 Å². The summed E-state index contributed by atoms with van der Waals surface area (Å²) in [5.41, 5.74) is 0.948. The van der Waals surface area contributed by atoms with Gasteiger partial charge in [0.05, 0.1) is 0 Å². The van der Waals surface area contributed by atoms with E-state index in [0.29, 0.717) is 6.54 Å². The van der Waals surface area contributed by atoms with Crippen LogP contribution in [0.15, 0.2) is 18.5 Å². The van der Waals surface area contributed by atoms with Gasteiger partial charge in [-0.3, -0.25) is 4.79 Å². The van der Waals surface area contributed by atoms with Gasteiger partial charge in [0.1, 0.15) is 5.25 Å². The van der Waals surface area contributed by atoms with Crippen molar-refractivity contribution in [3.63, 3.8) is 0 Å². The molecule has 1 amide bonds. The van der Waals surface area contributed by atoms with Gasteiger partial charge in [0, 0.05) is 31.9 Å². The van der Waals surface area contributed by atoms with Crippen molar-refractivity contribution in [1.29, 1.82) is 0 Å². The molecule has 88 valence electrons. The molecule has 7 heteroatoms. The first kappa shape index (κ1) is 11.2. The molecule has 1 unspecified atom stereocenters. The van der Waals surface area contributed by atoms with Crippen LogP contribution >= 0.6 is 0 Å². The minimum atomic E-state index is -3.62. The molecule has 0 bridgehead atoms. The lowest BCUT2D eigenvalue weighted by Crippen LogP contribution is -2.31. The number of carbonyl (C=O) groups excluding carboxylic acids is 1. The molecule has 1 saturated heterocycles. The number of carbonyl (C=O) groups is 1. The van der Waals surface area contributed by atoms with Gasteiger partial charge in [0.25, 0.3) is 0 Å². The summed E-state index contributed by atoms with van der Waals surface area (Å²) in [5.74, 6) is -0.166. The molecule has 0 aliphatic carbocycles. The van der Waals surface area contributed by atoms with E-state index in [9.17, 15) is 13.2 Å². The van der Waals surface area contributed by atoms with Crippen LogP contribution in [0.1, 0.15) is 12.0 Å². The molecule has 2 rings (SSSR count). The fourth-order valence-corrected chi connectivity index (χ4v) is 2.55. The number of primary sulfonamides is 1. The van der Waals surface area contributed by atoms with Gasteiger partial charge >= 0.3 is 0 Å². The number of likely N-dealkylation sites (tertiary alicyclic amines) is 1. The number of sulfonamides is 1. The molecule has 1 aromatic heterocycles. The maximum absolute atomic E-state index is 11.6. The zero-order chi connectivity index (χ0) is 11.8. The van der Waals surface area contributed by atoms with Crippen LogP contribution in [0.4, 0.5) is 0 Å². The van der Waals surface area contributed by atoms with Crippen LogP contribution in [0.5, 0.6) is 0 Å². The Morgan fingerprint density at radius 1 is 1.56 bits per heavy atom. The van der Waals surface area contributed by atoms with Crippen LogP contribution in [0.25, 0.3) is 0 Å². The van der Waals surface area contributed by atoms with Gasteiger partial charge in [-0.25, -0.2) is 13.6 Å². The lowest BCUT2D eigenvalue weighted by molar-refractivity contribution is -0.128. The van der Waals surface area contributed by atoms with E-state index in [1.807, 2.05) is 6.07 Å². The minimum Gasteiger partial charge on any atom is -0.367 e. The van der Waals surface area contributed by atoms with Gasteiger partial charge in [-0.2, -0.15) is 0 Å². The lowest BCUT2D eigenvalue weighted by Gasteiger charge is -2.14. The summed E-state index contributed by atoms with van der Waals surface area (Å²) in [5, 5.41) is 4.26. The number of nitrogens with zero attached hydrogens (tertiary/aromatic N) is 1. The first-order valence-corrected chi connectivity index (χ1v) is 6.49. The highest BCUT2D eigenvalue weighted by molar-refractivity contribution is 7.89. The van der Waals surface area contributed by atoms with Crippen molar-refractivity contribution in [1.82, 2.24) is 9.88 Å². The molecule has 0 aromatic carbocycles. The Kier molecular flexibility index (Phi) is 2.73. The van der Waals surface area contributed by atoms with E-state index in [0.717, 1.165) is 5.56 Å². The molecule has 16 heavy (non-hydrogen) atoms. The monoisotopic (exact) mass is 243 g/mol. The molecule has 0 spiro atoms. The van der Waals surface area contributed by atoms with Gasteiger partial charge in [0.15, 0.2) is 0 Å². The second kappa shape index (κ2) is 3.91. The van der Waals surface area contributed by atoms with Gasteiger partial charge < -0.3 is 9.88 Å². The largest absolute Gasteiger partial charge is 0.367 e. The number of nitrogens with one attached hydrogen (secondary N) is 1. The van der Waals surface area contributed by atoms with Crippen molar-refractivity contribution >= 4 is 15.9 Å².